The van der Waals surface area contributed by atoms with Gasteiger partial charge in [-0.2, -0.15) is 13.5 Å². The first-order chi connectivity index (χ1) is 9.89. The van der Waals surface area contributed by atoms with Crippen molar-refractivity contribution >= 4 is 33.3 Å². The Morgan fingerprint density at radius 2 is 1.86 bits per heavy atom. The van der Waals surface area contributed by atoms with Crippen molar-refractivity contribution < 1.29 is 12.6 Å². The lowest BCUT2D eigenvalue weighted by Crippen LogP contribution is -2.28. The largest absolute Gasteiger partial charge is 0.382 e. The zero-order valence-electron chi connectivity index (χ0n) is 10.6. The highest BCUT2D eigenvalue weighted by Crippen LogP contribution is 2.15. The van der Waals surface area contributed by atoms with Crippen molar-refractivity contribution in [3.63, 3.8) is 0 Å². The Morgan fingerprint density at radius 1 is 1.19 bits per heavy atom. The quantitative estimate of drug-likeness (QED) is 0.771. The van der Waals surface area contributed by atoms with Crippen LogP contribution < -0.4 is 9.74 Å². The van der Waals surface area contributed by atoms with Gasteiger partial charge in [0.1, 0.15) is 16.5 Å². The molecule has 21 heavy (non-hydrogen) atoms. The van der Waals surface area contributed by atoms with Crippen molar-refractivity contribution in [3.8, 4) is 5.75 Å². The van der Waals surface area contributed by atoms with Gasteiger partial charge in [0.15, 0.2) is 0 Å². The first kappa shape index (κ1) is 15.8. The molecule has 0 fully saturated rings. The summed E-state index contributed by atoms with van der Waals surface area (Å²) in [6, 6.07) is 8.06. The maximum atomic E-state index is 11.8. The molecule has 6 nitrogen and oxygen atoms in total. The fourth-order valence-electron chi connectivity index (χ4n) is 1.47. The molecule has 0 radical (unpaired) electrons. The number of hydrogen-bond acceptors (Lipinski definition) is 5. The molecule has 0 aliphatic heterocycles. The number of benzene rings is 1. The molecule has 2 rings (SSSR count). The summed E-state index contributed by atoms with van der Waals surface area (Å²) >= 11 is 11.3. The van der Waals surface area contributed by atoms with E-state index < -0.39 is 21.4 Å². The number of para-hydroxylation sites is 1. The smallest absolute Gasteiger partial charge is 0.311 e. The minimum atomic E-state index is -3.85. The van der Waals surface area contributed by atoms with Crippen LogP contribution in [0.3, 0.4) is 0 Å². The van der Waals surface area contributed by atoms with E-state index in [1.807, 2.05) is 0 Å². The Bertz CT molecular complexity index is 791. The van der Waals surface area contributed by atoms with Crippen molar-refractivity contribution in [1.29, 1.82) is 0 Å². The molecule has 2 aromatic rings. The number of aryl methyl sites for hydroxylation is 1. The number of nitrogens with zero attached hydrogens (tertiary/aromatic N) is 2. The predicted molar refractivity (Wildman–Crippen MR) is 79.4 cm³/mol. The minimum absolute atomic E-state index is 0.0151. The minimum Gasteiger partial charge on any atom is -0.382 e. The Labute approximate surface area is 131 Å². The van der Waals surface area contributed by atoms with Crippen LogP contribution in [0.1, 0.15) is 0 Å². The summed E-state index contributed by atoms with van der Waals surface area (Å²) < 4.78 is 29.4. The molecule has 1 aromatic heterocycles. The number of rotatable bonds is 5. The van der Waals surface area contributed by atoms with Gasteiger partial charge in [-0.05, 0) is 12.1 Å². The molecule has 1 aromatic carbocycles. The maximum Gasteiger partial charge on any atom is 0.311 e. The van der Waals surface area contributed by atoms with Gasteiger partial charge in [0.25, 0.3) is 5.56 Å². The highest BCUT2D eigenvalue weighted by Gasteiger charge is 2.15. The van der Waals surface area contributed by atoms with Crippen LogP contribution in [-0.4, -0.2) is 24.0 Å². The number of aromatic nitrogens is 2. The first-order valence-corrected chi connectivity index (χ1v) is 8.11. The van der Waals surface area contributed by atoms with Gasteiger partial charge in [-0.3, -0.25) is 4.79 Å². The molecule has 112 valence electrons. The van der Waals surface area contributed by atoms with E-state index in [0.717, 1.165) is 4.68 Å². The molecule has 0 amide bonds. The summed E-state index contributed by atoms with van der Waals surface area (Å²) in [6.07, 6.45) is 1.18. The lowest BCUT2D eigenvalue weighted by atomic mass is 10.3. The summed E-state index contributed by atoms with van der Waals surface area (Å²) in [7, 11) is -3.85. The van der Waals surface area contributed by atoms with Gasteiger partial charge in [-0.15, -0.1) is 0 Å². The monoisotopic (exact) mass is 348 g/mol. The third kappa shape index (κ3) is 4.20. The molecular formula is C12H10Cl2N2O4S. The van der Waals surface area contributed by atoms with Crippen LogP contribution in [0.5, 0.6) is 5.75 Å². The zero-order valence-corrected chi connectivity index (χ0v) is 12.9. The molecule has 0 saturated heterocycles. The summed E-state index contributed by atoms with van der Waals surface area (Å²) in [6.45, 7) is -0.190. The molecule has 0 aliphatic carbocycles. The van der Waals surface area contributed by atoms with Gasteiger partial charge in [0, 0.05) is 0 Å². The van der Waals surface area contributed by atoms with E-state index in [1.165, 1.54) is 18.3 Å². The van der Waals surface area contributed by atoms with Gasteiger partial charge in [0.05, 0.1) is 17.8 Å². The summed E-state index contributed by atoms with van der Waals surface area (Å²) in [5.74, 6) is -0.223. The fraction of sp³-hybridized carbons (Fsp3) is 0.167. The highest BCUT2D eigenvalue weighted by atomic mass is 35.5. The average molecular weight is 349 g/mol. The second-order valence-electron chi connectivity index (χ2n) is 3.99. The molecule has 0 saturated carbocycles. The molecule has 0 aliphatic rings. The highest BCUT2D eigenvalue weighted by molar-refractivity contribution is 7.87. The Morgan fingerprint density at radius 3 is 2.52 bits per heavy atom. The lowest BCUT2D eigenvalue weighted by molar-refractivity contribution is 0.477. The summed E-state index contributed by atoms with van der Waals surface area (Å²) in [5, 5.41) is 3.53. The zero-order chi connectivity index (χ0) is 15.5. The van der Waals surface area contributed by atoms with Crippen molar-refractivity contribution in [2.45, 2.75) is 6.54 Å². The fourth-order valence-corrected chi connectivity index (χ4v) is 2.62. The molecule has 0 unspecified atom stereocenters. The van der Waals surface area contributed by atoms with Gasteiger partial charge >= 0.3 is 10.1 Å². The van der Waals surface area contributed by atoms with E-state index in [9.17, 15) is 13.2 Å². The van der Waals surface area contributed by atoms with E-state index in [4.69, 9.17) is 27.4 Å². The third-order valence-corrected chi connectivity index (χ3v) is 4.34. The van der Waals surface area contributed by atoms with E-state index in [-0.39, 0.29) is 22.3 Å². The van der Waals surface area contributed by atoms with E-state index >= 15 is 0 Å². The SMILES string of the molecule is O=c1c(Cl)c(Cl)cnn1CCS(=O)(=O)Oc1ccccc1. The summed E-state index contributed by atoms with van der Waals surface area (Å²) in [4.78, 5) is 11.7. The van der Waals surface area contributed by atoms with Crippen molar-refractivity contribution in [3.05, 3.63) is 56.9 Å². The average Bonchev–Trinajstić information content (AvgIpc) is 2.45. The summed E-state index contributed by atoms with van der Waals surface area (Å²) in [5.41, 5.74) is -0.654. The molecule has 1 heterocycles. The van der Waals surface area contributed by atoms with E-state index in [1.54, 1.807) is 18.2 Å². The standard InChI is InChI=1S/C12H10Cl2N2O4S/c13-10-8-15-16(12(17)11(10)14)6-7-21(18,19)20-9-4-2-1-3-5-9/h1-5,8H,6-7H2. The Hall–Kier alpha value is -1.57. The van der Waals surface area contributed by atoms with E-state index in [2.05, 4.69) is 5.10 Å². The second kappa shape index (κ2) is 6.46. The van der Waals surface area contributed by atoms with E-state index in [0.29, 0.717) is 0 Å². The molecule has 0 N–H and O–H groups in total. The van der Waals surface area contributed by atoms with Crippen LogP contribution in [0.15, 0.2) is 41.3 Å². The van der Waals surface area contributed by atoms with Crippen LogP contribution >= 0.6 is 23.2 Å². The Kier molecular flexibility index (Phi) is 4.87. The Balaban J connectivity index is 2.09. The predicted octanol–water partition coefficient (Wildman–Crippen LogP) is 1.96. The van der Waals surface area contributed by atoms with Crippen LogP contribution in [0.4, 0.5) is 0 Å². The molecule has 9 heteroatoms. The van der Waals surface area contributed by atoms with Crippen LogP contribution in [0.2, 0.25) is 10.0 Å². The van der Waals surface area contributed by atoms with Crippen LogP contribution in [0.25, 0.3) is 0 Å². The van der Waals surface area contributed by atoms with Crippen LogP contribution in [0, 0.1) is 0 Å². The van der Waals surface area contributed by atoms with Crippen molar-refractivity contribution in [2.24, 2.45) is 0 Å². The lowest BCUT2D eigenvalue weighted by Gasteiger charge is -2.08. The molecule has 0 bridgehead atoms. The van der Waals surface area contributed by atoms with Gasteiger partial charge < -0.3 is 4.18 Å². The molecule has 0 atom stereocenters. The number of halogens is 2. The topological polar surface area (TPSA) is 78.3 Å². The van der Waals surface area contributed by atoms with Gasteiger partial charge in [0.2, 0.25) is 0 Å². The van der Waals surface area contributed by atoms with Crippen molar-refractivity contribution in [1.82, 2.24) is 9.78 Å². The maximum absolute atomic E-state index is 11.8. The first-order valence-electron chi connectivity index (χ1n) is 5.77. The number of hydrogen-bond donors (Lipinski definition) is 0. The van der Waals surface area contributed by atoms with Crippen molar-refractivity contribution in [2.75, 3.05) is 5.75 Å². The van der Waals surface area contributed by atoms with Crippen LogP contribution in [-0.2, 0) is 16.7 Å². The molecule has 0 spiro atoms. The van der Waals surface area contributed by atoms with Gasteiger partial charge in [-0.25, -0.2) is 4.68 Å². The normalized spacial score (nSPS) is 11.3. The third-order valence-electron chi connectivity index (χ3n) is 2.46. The van der Waals surface area contributed by atoms with Gasteiger partial charge in [-0.1, -0.05) is 41.4 Å². The molecular weight excluding hydrogens is 339 g/mol. The second-order valence-corrected chi connectivity index (χ2v) is 6.47.